The summed E-state index contributed by atoms with van der Waals surface area (Å²) in [5, 5.41) is 0. The zero-order valence-corrected chi connectivity index (χ0v) is 13.1. The van der Waals surface area contributed by atoms with E-state index in [9.17, 15) is 14.4 Å². The minimum absolute atomic E-state index is 0.0938. The predicted molar refractivity (Wildman–Crippen MR) is 84.9 cm³/mol. The maximum atomic E-state index is 10.9. The number of hydroxylamine groups is 1. The summed E-state index contributed by atoms with van der Waals surface area (Å²) in [6.45, 7) is 0. The Balaban J connectivity index is 0.000000150. The smallest absolute Gasteiger partial charge is 0.320 e. The van der Waals surface area contributed by atoms with Gasteiger partial charge in [-0.3, -0.25) is 14.4 Å². The Kier molecular flexibility index (Phi) is 4.94. The summed E-state index contributed by atoms with van der Waals surface area (Å²) >= 11 is 0. The van der Waals surface area contributed by atoms with Crippen LogP contribution in [0.25, 0.3) is 0 Å². The number of hydrogen-bond acceptors (Lipinski definition) is 6. The number of esters is 2. The van der Waals surface area contributed by atoms with Crippen molar-refractivity contribution < 1.29 is 28.7 Å². The Morgan fingerprint density at radius 1 is 0.800 bits per heavy atom. The SMILES string of the molecule is O=C1CC(=O)OC(c2ccccc2)O1.O=C1Cc2ccccc2ON1. The molecule has 0 radical (unpaired) electrons. The molecule has 0 saturated carbocycles. The number of cyclic esters (lactones) is 2. The van der Waals surface area contributed by atoms with Crippen LogP contribution in [0, 0.1) is 0 Å². The molecular weight excluding hydrogens is 326 g/mol. The molecule has 0 aromatic heterocycles. The van der Waals surface area contributed by atoms with E-state index in [-0.39, 0.29) is 12.3 Å². The lowest BCUT2D eigenvalue weighted by Gasteiger charge is -2.22. The van der Waals surface area contributed by atoms with Crippen molar-refractivity contribution in [2.75, 3.05) is 0 Å². The van der Waals surface area contributed by atoms with Crippen LogP contribution in [0.3, 0.4) is 0 Å². The van der Waals surface area contributed by atoms with Gasteiger partial charge in [0.05, 0.1) is 6.42 Å². The van der Waals surface area contributed by atoms with Crippen molar-refractivity contribution in [2.24, 2.45) is 0 Å². The van der Waals surface area contributed by atoms with E-state index < -0.39 is 18.2 Å². The number of hydrogen-bond donors (Lipinski definition) is 1. The van der Waals surface area contributed by atoms with Crippen molar-refractivity contribution in [2.45, 2.75) is 19.1 Å². The van der Waals surface area contributed by atoms with Crippen LogP contribution >= 0.6 is 0 Å². The Bertz CT molecular complexity index is 773. The van der Waals surface area contributed by atoms with E-state index in [0.29, 0.717) is 12.0 Å². The summed E-state index contributed by atoms with van der Waals surface area (Å²) in [5.74, 6) is -0.444. The molecule has 1 amide bonds. The Morgan fingerprint density at radius 2 is 1.44 bits per heavy atom. The van der Waals surface area contributed by atoms with Crippen LogP contribution in [0.4, 0.5) is 0 Å². The van der Waals surface area contributed by atoms with Gasteiger partial charge in [-0.25, -0.2) is 0 Å². The number of carbonyl (C=O) groups is 3. The summed E-state index contributed by atoms with van der Waals surface area (Å²) in [5.41, 5.74) is 3.90. The molecule has 2 aliphatic heterocycles. The number of fused-ring (bicyclic) bond motifs is 1. The molecule has 25 heavy (non-hydrogen) atoms. The molecule has 2 aromatic rings. The maximum absolute atomic E-state index is 10.9. The van der Waals surface area contributed by atoms with E-state index in [1.165, 1.54) is 0 Å². The molecule has 0 aliphatic carbocycles. The Morgan fingerprint density at radius 3 is 2.16 bits per heavy atom. The van der Waals surface area contributed by atoms with Crippen molar-refractivity contribution in [3.8, 4) is 5.75 Å². The summed E-state index contributed by atoms with van der Waals surface area (Å²) in [7, 11) is 0. The van der Waals surface area contributed by atoms with Crippen LogP contribution in [0.5, 0.6) is 5.75 Å². The minimum atomic E-state index is -0.884. The average Bonchev–Trinajstić information content (AvgIpc) is 2.62. The van der Waals surface area contributed by atoms with Gasteiger partial charge in [-0.2, -0.15) is 5.48 Å². The zero-order valence-electron chi connectivity index (χ0n) is 13.1. The molecular formula is C18H15NO6. The van der Waals surface area contributed by atoms with Gasteiger partial charge in [0.2, 0.25) is 0 Å². The highest BCUT2D eigenvalue weighted by Gasteiger charge is 2.28. The summed E-state index contributed by atoms with van der Waals surface area (Å²) in [4.78, 5) is 37.6. The second kappa shape index (κ2) is 7.48. The maximum Gasteiger partial charge on any atom is 0.320 e. The Labute approximate surface area is 143 Å². The highest BCUT2D eigenvalue weighted by molar-refractivity contribution is 5.92. The van der Waals surface area contributed by atoms with Crippen LogP contribution in [0.15, 0.2) is 54.6 Å². The fourth-order valence-corrected chi connectivity index (χ4v) is 2.28. The topological polar surface area (TPSA) is 90.9 Å². The van der Waals surface area contributed by atoms with Gasteiger partial charge in [0, 0.05) is 11.1 Å². The van der Waals surface area contributed by atoms with Gasteiger partial charge in [0.1, 0.15) is 6.42 Å². The lowest BCUT2D eigenvalue weighted by atomic mass is 10.1. The summed E-state index contributed by atoms with van der Waals surface area (Å²) in [6, 6.07) is 16.3. The molecule has 1 saturated heterocycles. The van der Waals surface area contributed by atoms with E-state index in [0.717, 1.165) is 11.3 Å². The molecule has 2 aliphatic rings. The molecule has 7 heteroatoms. The van der Waals surface area contributed by atoms with Gasteiger partial charge in [0.15, 0.2) is 5.75 Å². The molecule has 1 N–H and O–H groups in total. The number of benzene rings is 2. The summed E-state index contributed by atoms with van der Waals surface area (Å²) in [6.07, 6.45) is -0.774. The third-order valence-corrected chi connectivity index (χ3v) is 3.44. The van der Waals surface area contributed by atoms with Gasteiger partial charge in [-0.15, -0.1) is 0 Å². The van der Waals surface area contributed by atoms with E-state index in [2.05, 4.69) is 5.48 Å². The molecule has 0 atom stereocenters. The fraction of sp³-hybridized carbons (Fsp3) is 0.167. The van der Waals surface area contributed by atoms with E-state index in [1.54, 1.807) is 24.3 Å². The van der Waals surface area contributed by atoms with Crippen molar-refractivity contribution in [1.82, 2.24) is 5.48 Å². The highest BCUT2D eigenvalue weighted by atomic mass is 16.7. The fourth-order valence-electron chi connectivity index (χ4n) is 2.28. The third-order valence-electron chi connectivity index (χ3n) is 3.44. The average molecular weight is 341 g/mol. The first-order valence-electron chi connectivity index (χ1n) is 7.59. The molecule has 128 valence electrons. The van der Waals surface area contributed by atoms with Crippen molar-refractivity contribution >= 4 is 17.8 Å². The van der Waals surface area contributed by atoms with Crippen molar-refractivity contribution in [3.05, 3.63) is 65.7 Å². The molecule has 2 heterocycles. The lowest BCUT2D eigenvalue weighted by molar-refractivity contribution is -0.204. The molecule has 4 rings (SSSR count). The Hall–Kier alpha value is -3.35. The van der Waals surface area contributed by atoms with Gasteiger partial charge in [-0.05, 0) is 6.07 Å². The number of carbonyl (C=O) groups excluding carboxylic acids is 3. The number of rotatable bonds is 1. The molecule has 0 spiro atoms. The summed E-state index contributed by atoms with van der Waals surface area (Å²) < 4.78 is 9.72. The number of amides is 1. The first-order valence-corrected chi connectivity index (χ1v) is 7.59. The third kappa shape index (κ3) is 4.35. The monoisotopic (exact) mass is 341 g/mol. The first kappa shape index (κ1) is 16.5. The molecule has 0 bridgehead atoms. The zero-order chi connectivity index (χ0) is 17.6. The molecule has 0 unspecified atom stereocenters. The predicted octanol–water partition coefficient (Wildman–Crippen LogP) is 1.83. The second-order valence-electron chi connectivity index (χ2n) is 5.31. The largest absolute Gasteiger partial charge is 0.420 e. The van der Waals surface area contributed by atoms with Gasteiger partial charge in [0.25, 0.3) is 12.2 Å². The number of ether oxygens (including phenoxy) is 2. The van der Waals surface area contributed by atoms with Crippen molar-refractivity contribution in [1.29, 1.82) is 0 Å². The van der Waals surface area contributed by atoms with Crippen molar-refractivity contribution in [3.63, 3.8) is 0 Å². The van der Waals surface area contributed by atoms with Crippen LogP contribution < -0.4 is 10.3 Å². The number of nitrogens with one attached hydrogen (secondary N) is 1. The van der Waals surface area contributed by atoms with E-state index in [4.69, 9.17) is 14.3 Å². The van der Waals surface area contributed by atoms with Gasteiger partial charge < -0.3 is 14.3 Å². The second-order valence-corrected chi connectivity index (χ2v) is 5.31. The van der Waals surface area contributed by atoms with Gasteiger partial charge >= 0.3 is 11.9 Å². The van der Waals surface area contributed by atoms with Crippen LogP contribution in [-0.2, 0) is 30.3 Å². The minimum Gasteiger partial charge on any atom is -0.420 e. The van der Waals surface area contributed by atoms with Gasteiger partial charge in [-0.1, -0.05) is 48.5 Å². The molecule has 2 aromatic carbocycles. The molecule has 1 fully saturated rings. The van der Waals surface area contributed by atoms with Crippen LogP contribution in [-0.4, -0.2) is 17.8 Å². The van der Waals surface area contributed by atoms with Crippen LogP contribution in [0.1, 0.15) is 23.8 Å². The first-order chi connectivity index (χ1) is 12.1. The van der Waals surface area contributed by atoms with E-state index in [1.807, 2.05) is 30.3 Å². The number of para-hydroxylation sites is 1. The van der Waals surface area contributed by atoms with E-state index >= 15 is 0 Å². The van der Waals surface area contributed by atoms with Crippen LogP contribution in [0.2, 0.25) is 0 Å². The normalized spacial score (nSPS) is 16.2. The lowest BCUT2D eigenvalue weighted by Crippen LogP contribution is -2.32. The highest BCUT2D eigenvalue weighted by Crippen LogP contribution is 2.23. The molecule has 7 nitrogen and oxygen atoms in total. The quantitative estimate of drug-likeness (QED) is 0.628. The standard InChI is InChI=1S/C10H8O4.C8H7NO2/c11-8-6-9(12)14-10(13-8)7-4-2-1-3-5-7;10-8-5-6-3-1-2-4-7(6)11-9-8/h1-5,10H,6H2;1-4H,5H2,(H,9,10).